The van der Waals surface area contributed by atoms with Crippen LogP contribution in [0, 0.1) is 0 Å². The molecule has 0 atom stereocenters. The molecule has 3 aliphatic carbocycles. The Bertz CT molecular complexity index is 790. The van der Waals surface area contributed by atoms with Crippen molar-refractivity contribution in [3.05, 3.63) is 59.2 Å². The van der Waals surface area contributed by atoms with Crippen LogP contribution in [0.25, 0.3) is 5.57 Å². The summed E-state index contributed by atoms with van der Waals surface area (Å²) < 4.78 is 1.09. The van der Waals surface area contributed by atoms with Gasteiger partial charge in [0.2, 0.25) is 0 Å². The van der Waals surface area contributed by atoms with Gasteiger partial charge >= 0.3 is 0 Å². The summed E-state index contributed by atoms with van der Waals surface area (Å²) in [5, 5.41) is 9.26. The molecule has 3 nitrogen and oxygen atoms in total. The van der Waals surface area contributed by atoms with Gasteiger partial charge in [-0.15, -0.1) is 5.10 Å². The maximum atomic E-state index is 5.08. The Balaban J connectivity index is 1.65. The lowest BCUT2D eigenvalue weighted by atomic mass is 9.98. The van der Waals surface area contributed by atoms with Crippen LogP contribution in [0.15, 0.2) is 42.0 Å². The third kappa shape index (κ3) is 3.85. The molecule has 3 aliphatic rings. The standard InChI is InChI=1S/C22H26IN3/c1-2-16(15-23)7-6-12-22(13-14-22)21-24-19(17-8-4-3-5-9-17)20(25-26-21)18-10-11-18/h3-4,6-8,12,18H,2,5,9-11,13-15H2,1H3/b12-6+,16-7+. The number of allylic oxidation sites excluding steroid dienone is 8. The molecule has 0 radical (unpaired) electrons. The van der Waals surface area contributed by atoms with Gasteiger partial charge in [-0.3, -0.25) is 0 Å². The van der Waals surface area contributed by atoms with Crippen molar-refractivity contribution in [2.75, 3.05) is 4.43 Å². The summed E-state index contributed by atoms with van der Waals surface area (Å²) in [6.45, 7) is 2.22. The number of alkyl halides is 1. The second kappa shape index (κ2) is 7.75. The van der Waals surface area contributed by atoms with Crippen molar-refractivity contribution in [3.63, 3.8) is 0 Å². The average molecular weight is 459 g/mol. The Hall–Kier alpha value is -1.30. The third-order valence-electron chi connectivity index (χ3n) is 5.60. The largest absolute Gasteiger partial charge is 0.228 e. The number of halogens is 1. The molecule has 1 heterocycles. The van der Waals surface area contributed by atoms with Crippen molar-refractivity contribution in [1.82, 2.24) is 15.2 Å². The first-order valence-corrected chi connectivity index (χ1v) is 11.3. The van der Waals surface area contributed by atoms with Crippen LogP contribution in [0.1, 0.15) is 75.0 Å². The predicted octanol–water partition coefficient (Wildman–Crippen LogP) is 5.84. The van der Waals surface area contributed by atoms with Crippen molar-refractivity contribution in [2.24, 2.45) is 0 Å². The molecule has 0 N–H and O–H groups in total. The number of aromatic nitrogens is 3. The van der Waals surface area contributed by atoms with Crippen LogP contribution in [0.4, 0.5) is 0 Å². The minimum atomic E-state index is 0.00945. The van der Waals surface area contributed by atoms with Gasteiger partial charge < -0.3 is 0 Å². The highest BCUT2D eigenvalue weighted by Gasteiger charge is 2.46. The highest BCUT2D eigenvalue weighted by Crippen LogP contribution is 2.49. The maximum Gasteiger partial charge on any atom is 0.161 e. The van der Waals surface area contributed by atoms with Crippen LogP contribution in [-0.4, -0.2) is 19.6 Å². The van der Waals surface area contributed by atoms with E-state index >= 15 is 0 Å². The molecular formula is C22H26IN3. The van der Waals surface area contributed by atoms with E-state index in [1.54, 1.807) is 0 Å². The molecule has 0 aromatic carbocycles. The first kappa shape index (κ1) is 18.1. The lowest BCUT2D eigenvalue weighted by Gasteiger charge is -2.15. The molecule has 1 aromatic heterocycles. The van der Waals surface area contributed by atoms with Crippen LogP contribution >= 0.6 is 22.6 Å². The summed E-state index contributed by atoms with van der Waals surface area (Å²) >= 11 is 2.43. The first-order chi connectivity index (χ1) is 12.8. The Morgan fingerprint density at radius 1 is 1.31 bits per heavy atom. The number of hydrogen-bond donors (Lipinski definition) is 0. The fourth-order valence-electron chi connectivity index (χ4n) is 3.44. The molecule has 2 saturated carbocycles. The summed E-state index contributed by atoms with van der Waals surface area (Å²) in [4.78, 5) is 5.08. The number of hydrogen-bond acceptors (Lipinski definition) is 3. The smallest absolute Gasteiger partial charge is 0.161 e. The van der Waals surface area contributed by atoms with E-state index in [0.717, 1.165) is 53.7 Å². The van der Waals surface area contributed by atoms with Crippen LogP contribution < -0.4 is 0 Å². The normalized spacial score (nSPS) is 21.9. The SMILES string of the molecule is CC/C(=C\C=C\C1(c2nnc(C3CC3)c(C3=CC=CCC3)n2)CC1)CI. The van der Waals surface area contributed by atoms with E-state index in [4.69, 9.17) is 4.98 Å². The molecule has 0 unspecified atom stereocenters. The molecule has 136 valence electrons. The van der Waals surface area contributed by atoms with Gasteiger partial charge in [0.15, 0.2) is 5.82 Å². The molecule has 26 heavy (non-hydrogen) atoms. The van der Waals surface area contributed by atoms with Crippen molar-refractivity contribution in [3.8, 4) is 0 Å². The fraction of sp³-hybridized carbons (Fsp3) is 0.500. The zero-order chi connectivity index (χ0) is 18.0. The van der Waals surface area contributed by atoms with E-state index in [-0.39, 0.29) is 5.41 Å². The second-order valence-electron chi connectivity index (χ2n) is 7.63. The Labute approximate surface area is 169 Å². The summed E-state index contributed by atoms with van der Waals surface area (Å²) in [6.07, 6.45) is 21.4. The topological polar surface area (TPSA) is 38.7 Å². The van der Waals surface area contributed by atoms with Crippen molar-refractivity contribution >= 4 is 28.2 Å². The summed E-state index contributed by atoms with van der Waals surface area (Å²) in [5.41, 5.74) is 5.07. The van der Waals surface area contributed by atoms with E-state index in [1.165, 1.54) is 24.0 Å². The van der Waals surface area contributed by atoms with Gasteiger partial charge in [-0.05, 0) is 50.5 Å². The zero-order valence-electron chi connectivity index (χ0n) is 15.4. The van der Waals surface area contributed by atoms with Crippen molar-refractivity contribution < 1.29 is 0 Å². The lowest BCUT2D eigenvalue weighted by Crippen LogP contribution is -2.14. The average Bonchev–Trinajstić information content (AvgIpc) is 3.60. The monoisotopic (exact) mass is 459 g/mol. The molecule has 0 bridgehead atoms. The quantitative estimate of drug-likeness (QED) is 0.292. The van der Waals surface area contributed by atoms with Gasteiger partial charge in [0, 0.05) is 10.3 Å². The molecule has 4 rings (SSSR count). The fourth-order valence-corrected chi connectivity index (χ4v) is 4.23. The van der Waals surface area contributed by atoms with Gasteiger partial charge in [0.1, 0.15) is 0 Å². The maximum absolute atomic E-state index is 5.08. The summed E-state index contributed by atoms with van der Waals surface area (Å²) in [6, 6.07) is 0. The molecule has 1 aromatic rings. The van der Waals surface area contributed by atoms with Gasteiger partial charge in [0.25, 0.3) is 0 Å². The van der Waals surface area contributed by atoms with E-state index in [1.807, 2.05) is 0 Å². The van der Waals surface area contributed by atoms with Crippen LogP contribution in [0.5, 0.6) is 0 Å². The number of rotatable bonds is 7. The van der Waals surface area contributed by atoms with E-state index < -0.39 is 0 Å². The Kier molecular flexibility index (Phi) is 5.39. The second-order valence-corrected chi connectivity index (χ2v) is 8.39. The minimum Gasteiger partial charge on any atom is -0.228 e. The van der Waals surface area contributed by atoms with Crippen molar-refractivity contribution in [2.45, 2.75) is 63.2 Å². The molecule has 0 spiro atoms. The highest BCUT2D eigenvalue weighted by atomic mass is 127. The summed E-state index contributed by atoms with van der Waals surface area (Å²) in [7, 11) is 0. The Morgan fingerprint density at radius 3 is 2.77 bits per heavy atom. The zero-order valence-corrected chi connectivity index (χ0v) is 17.6. The highest BCUT2D eigenvalue weighted by molar-refractivity contribution is 14.1. The van der Waals surface area contributed by atoms with Crippen LogP contribution in [0.3, 0.4) is 0 Å². The van der Waals surface area contributed by atoms with Crippen molar-refractivity contribution in [1.29, 1.82) is 0 Å². The Morgan fingerprint density at radius 2 is 2.15 bits per heavy atom. The van der Waals surface area contributed by atoms with Crippen LogP contribution in [-0.2, 0) is 5.41 Å². The molecular weight excluding hydrogens is 433 g/mol. The molecule has 0 amide bonds. The first-order valence-electron chi connectivity index (χ1n) is 9.80. The minimum absolute atomic E-state index is 0.00945. The van der Waals surface area contributed by atoms with E-state index in [0.29, 0.717) is 5.92 Å². The van der Waals surface area contributed by atoms with Gasteiger partial charge in [-0.25, -0.2) is 4.98 Å². The third-order valence-corrected chi connectivity index (χ3v) is 6.58. The van der Waals surface area contributed by atoms with Gasteiger partial charge in [-0.1, -0.05) is 71.5 Å². The van der Waals surface area contributed by atoms with Gasteiger partial charge in [0.05, 0.1) is 16.8 Å². The summed E-state index contributed by atoms with van der Waals surface area (Å²) in [5.74, 6) is 1.50. The molecule has 0 saturated heterocycles. The molecule has 4 heteroatoms. The van der Waals surface area contributed by atoms with E-state index in [2.05, 4.69) is 76.2 Å². The molecule has 0 aliphatic heterocycles. The predicted molar refractivity (Wildman–Crippen MR) is 115 cm³/mol. The van der Waals surface area contributed by atoms with Gasteiger partial charge in [-0.2, -0.15) is 5.10 Å². The molecule has 2 fully saturated rings. The van der Waals surface area contributed by atoms with E-state index in [9.17, 15) is 0 Å². The lowest BCUT2D eigenvalue weighted by molar-refractivity contribution is 0.711. The number of nitrogens with zero attached hydrogens (tertiary/aromatic N) is 3. The van der Waals surface area contributed by atoms with Crippen LogP contribution in [0.2, 0.25) is 0 Å².